The number of nitrogens with one attached hydrogen (secondary N) is 1. The lowest BCUT2D eigenvalue weighted by atomic mass is 9.77. The summed E-state index contributed by atoms with van der Waals surface area (Å²) < 4.78 is 42.6. The van der Waals surface area contributed by atoms with Gasteiger partial charge in [-0.3, -0.25) is 9.59 Å². The van der Waals surface area contributed by atoms with E-state index in [-0.39, 0.29) is 22.7 Å². The third-order valence-electron chi connectivity index (χ3n) is 5.70. The first-order chi connectivity index (χ1) is 15.3. The Morgan fingerprint density at radius 3 is 2.18 bits per heavy atom. The number of aryl methyl sites for hydroxylation is 1. The Balaban J connectivity index is 2.02. The molecule has 5 nitrogen and oxygen atoms in total. The van der Waals surface area contributed by atoms with Crippen molar-refractivity contribution >= 4 is 17.6 Å². The number of carbonyl (C=O) groups is 1. The second-order valence-electron chi connectivity index (χ2n) is 7.85. The van der Waals surface area contributed by atoms with Crippen molar-refractivity contribution in [3.05, 3.63) is 92.4 Å². The van der Waals surface area contributed by atoms with Crippen LogP contribution < -0.4 is 5.56 Å². The van der Waals surface area contributed by atoms with Gasteiger partial charge in [0.05, 0.1) is 6.42 Å². The van der Waals surface area contributed by atoms with Gasteiger partial charge in [-0.05, 0) is 41.3 Å². The number of hydrogen-bond donors (Lipinski definition) is 3. The van der Waals surface area contributed by atoms with Crippen LogP contribution in [0, 0.1) is 6.92 Å². The Hall–Kier alpha value is -3.10. The minimum absolute atomic E-state index is 0.0272. The summed E-state index contributed by atoms with van der Waals surface area (Å²) in [5.41, 5.74) is -2.43. The van der Waals surface area contributed by atoms with Crippen molar-refractivity contribution in [2.24, 2.45) is 0 Å². The molecule has 0 saturated heterocycles. The van der Waals surface area contributed by atoms with Crippen LogP contribution in [0.15, 0.2) is 59.4 Å². The van der Waals surface area contributed by atoms with Crippen molar-refractivity contribution in [1.29, 1.82) is 0 Å². The molecule has 3 rings (SSSR count). The van der Waals surface area contributed by atoms with Crippen molar-refractivity contribution in [2.45, 2.75) is 38.0 Å². The number of aromatic nitrogens is 1. The fourth-order valence-electron chi connectivity index (χ4n) is 3.89. The van der Waals surface area contributed by atoms with E-state index in [1.54, 1.807) is 30.3 Å². The molecule has 0 fully saturated rings. The molecule has 0 radical (unpaired) electrons. The van der Waals surface area contributed by atoms with E-state index in [0.717, 1.165) is 12.1 Å². The second-order valence-corrected chi connectivity index (χ2v) is 8.26. The van der Waals surface area contributed by atoms with Gasteiger partial charge < -0.3 is 15.2 Å². The minimum Gasteiger partial charge on any atom is -0.481 e. The molecular formula is C24H21ClF3NO4. The van der Waals surface area contributed by atoms with Crippen LogP contribution >= 0.6 is 11.6 Å². The molecule has 33 heavy (non-hydrogen) atoms. The van der Waals surface area contributed by atoms with Crippen molar-refractivity contribution in [2.75, 3.05) is 0 Å². The van der Waals surface area contributed by atoms with E-state index in [4.69, 9.17) is 16.7 Å². The van der Waals surface area contributed by atoms with E-state index in [2.05, 4.69) is 4.98 Å². The molecule has 3 N–H and O–H groups in total. The average molecular weight is 480 g/mol. The molecule has 0 spiro atoms. The van der Waals surface area contributed by atoms with Gasteiger partial charge in [0, 0.05) is 28.3 Å². The quantitative estimate of drug-likeness (QED) is 0.454. The van der Waals surface area contributed by atoms with E-state index < -0.39 is 34.8 Å². The molecule has 3 aromatic rings. The summed E-state index contributed by atoms with van der Waals surface area (Å²) >= 11 is 6.37. The molecule has 0 aliphatic heterocycles. The van der Waals surface area contributed by atoms with Crippen LogP contribution in [0.1, 0.15) is 35.2 Å². The highest BCUT2D eigenvalue weighted by molar-refractivity contribution is 6.31. The summed E-state index contributed by atoms with van der Waals surface area (Å²) in [5, 5.41) is 19.9. The van der Waals surface area contributed by atoms with Crippen LogP contribution in [-0.4, -0.2) is 27.3 Å². The summed E-state index contributed by atoms with van der Waals surface area (Å²) in [6.07, 6.45) is -5.19. The predicted octanol–water partition coefficient (Wildman–Crippen LogP) is 5.18. The lowest BCUT2D eigenvalue weighted by molar-refractivity contribution is -0.274. The lowest BCUT2D eigenvalue weighted by Gasteiger charge is -2.37. The fraction of sp³-hybridized carbons (Fsp3) is 0.250. The number of aliphatic hydroxyl groups is 1. The summed E-state index contributed by atoms with van der Waals surface area (Å²) in [5.74, 6) is -2.46. The standard InChI is InChI=1S/C24H21ClF3NO4/c1-13(23(33,24(26,27)28)19-9-10-21(30)29-14(19)2)18-8-7-17(12-20(18)25)16-5-3-15(4-6-16)11-22(31)32/h3-10,12-13,33H,11H2,1-2H3,(H,29,30)(H,31,32). The zero-order chi connectivity index (χ0) is 24.6. The maximum atomic E-state index is 14.2. The SMILES string of the molecule is Cc1[nH]c(=O)ccc1C(O)(C(C)c1ccc(-c2ccc(CC(=O)O)cc2)cc1Cl)C(F)(F)F. The molecule has 0 bridgehead atoms. The first-order valence-corrected chi connectivity index (χ1v) is 10.3. The second kappa shape index (κ2) is 9.03. The van der Waals surface area contributed by atoms with E-state index in [9.17, 15) is 27.9 Å². The molecule has 2 atom stereocenters. The lowest BCUT2D eigenvalue weighted by Crippen LogP contribution is -2.47. The average Bonchev–Trinajstić information content (AvgIpc) is 2.72. The molecule has 2 unspecified atom stereocenters. The number of carboxylic acid groups (broad SMARTS) is 1. The first-order valence-electron chi connectivity index (χ1n) is 9.94. The third kappa shape index (κ3) is 4.82. The van der Waals surface area contributed by atoms with E-state index in [0.29, 0.717) is 16.7 Å². The summed E-state index contributed by atoms with van der Waals surface area (Å²) in [6.45, 7) is 2.51. The van der Waals surface area contributed by atoms with Gasteiger partial charge >= 0.3 is 12.1 Å². The topological polar surface area (TPSA) is 90.4 Å². The van der Waals surface area contributed by atoms with Crippen molar-refractivity contribution in [3.63, 3.8) is 0 Å². The largest absolute Gasteiger partial charge is 0.481 e. The zero-order valence-electron chi connectivity index (χ0n) is 17.7. The highest BCUT2D eigenvalue weighted by atomic mass is 35.5. The summed E-state index contributed by atoms with van der Waals surface area (Å²) in [7, 11) is 0. The third-order valence-corrected chi connectivity index (χ3v) is 6.02. The Kier molecular flexibility index (Phi) is 6.72. The molecule has 0 saturated carbocycles. The number of pyridine rings is 1. The minimum atomic E-state index is -5.06. The number of benzene rings is 2. The fourth-order valence-corrected chi connectivity index (χ4v) is 4.24. The molecule has 9 heteroatoms. The summed E-state index contributed by atoms with van der Waals surface area (Å²) in [6, 6.07) is 13.1. The zero-order valence-corrected chi connectivity index (χ0v) is 18.5. The number of alkyl halides is 3. The molecule has 1 heterocycles. The van der Waals surface area contributed by atoms with Crippen molar-refractivity contribution < 1.29 is 28.2 Å². The van der Waals surface area contributed by atoms with Gasteiger partial charge in [0.2, 0.25) is 5.56 Å². The smallest absolute Gasteiger partial charge is 0.422 e. The van der Waals surface area contributed by atoms with Crippen LogP contribution in [0.2, 0.25) is 5.02 Å². The van der Waals surface area contributed by atoms with Gasteiger partial charge in [-0.1, -0.05) is 54.9 Å². The van der Waals surface area contributed by atoms with Gasteiger partial charge in [0.15, 0.2) is 5.60 Å². The van der Waals surface area contributed by atoms with Gasteiger partial charge in [-0.25, -0.2) is 0 Å². The Morgan fingerprint density at radius 2 is 1.67 bits per heavy atom. The van der Waals surface area contributed by atoms with Gasteiger partial charge in [-0.2, -0.15) is 13.2 Å². The maximum Gasteiger partial charge on any atom is 0.422 e. The number of hydrogen-bond acceptors (Lipinski definition) is 3. The van der Waals surface area contributed by atoms with Crippen molar-refractivity contribution in [3.8, 4) is 11.1 Å². The molecule has 2 aromatic carbocycles. The van der Waals surface area contributed by atoms with Crippen LogP contribution in [0.25, 0.3) is 11.1 Å². The Morgan fingerprint density at radius 1 is 1.06 bits per heavy atom. The Bertz CT molecular complexity index is 1240. The van der Waals surface area contributed by atoms with E-state index in [1.165, 1.54) is 26.0 Å². The van der Waals surface area contributed by atoms with Crippen molar-refractivity contribution in [1.82, 2.24) is 4.98 Å². The van der Waals surface area contributed by atoms with Crippen LogP contribution in [-0.2, 0) is 16.8 Å². The Labute approximate surface area is 192 Å². The van der Waals surface area contributed by atoms with Crippen LogP contribution in [0.3, 0.4) is 0 Å². The monoisotopic (exact) mass is 479 g/mol. The number of rotatable bonds is 6. The number of halogens is 4. The number of aromatic amines is 1. The van der Waals surface area contributed by atoms with Gasteiger partial charge in [-0.15, -0.1) is 0 Å². The summed E-state index contributed by atoms with van der Waals surface area (Å²) in [4.78, 5) is 24.6. The molecule has 0 amide bonds. The van der Waals surface area contributed by atoms with Crippen LogP contribution in [0.5, 0.6) is 0 Å². The molecule has 1 aromatic heterocycles. The first kappa shape index (κ1) is 24.5. The van der Waals surface area contributed by atoms with Crippen LogP contribution in [0.4, 0.5) is 13.2 Å². The van der Waals surface area contributed by atoms with E-state index in [1.807, 2.05) is 0 Å². The number of carboxylic acids is 1. The van der Waals surface area contributed by atoms with Gasteiger partial charge in [0.1, 0.15) is 0 Å². The predicted molar refractivity (Wildman–Crippen MR) is 118 cm³/mol. The molecule has 0 aliphatic carbocycles. The molecule has 0 aliphatic rings. The molecular weight excluding hydrogens is 459 g/mol. The number of H-pyrrole nitrogens is 1. The maximum absolute atomic E-state index is 14.2. The highest BCUT2D eigenvalue weighted by Gasteiger charge is 2.59. The highest BCUT2D eigenvalue weighted by Crippen LogP contribution is 2.50. The normalized spacial score (nSPS) is 14.5. The number of aliphatic carboxylic acids is 1. The van der Waals surface area contributed by atoms with E-state index >= 15 is 0 Å². The molecule has 174 valence electrons. The van der Waals surface area contributed by atoms with Gasteiger partial charge in [0.25, 0.3) is 0 Å².